The largest absolute Gasteiger partial charge is 0.433 e. The molecule has 0 aliphatic rings. The first-order valence-corrected chi connectivity index (χ1v) is 10.4. The second kappa shape index (κ2) is 8.26. The predicted octanol–water partition coefficient (Wildman–Crippen LogP) is 3.74. The summed E-state index contributed by atoms with van der Waals surface area (Å²) >= 11 is 0. The van der Waals surface area contributed by atoms with Crippen LogP contribution in [-0.2, 0) is 16.0 Å². The molecule has 32 heavy (non-hydrogen) atoms. The zero-order valence-electron chi connectivity index (χ0n) is 16.2. The maximum absolute atomic E-state index is 14.6. The van der Waals surface area contributed by atoms with Gasteiger partial charge in [0, 0.05) is 18.0 Å². The number of carbonyl (C=O) groups is 1. The molecule has 1 aromatic carbocycles. The van der Waals surface area contributed by atoms with E-state index in [1.165, 1.54) is 13.0 Å². The number of sulfone groups is 1. The lowest BCUT2D eigenvalue weighted by atomic mass is 10.0. The van der Waals surface area contributed by atoms with E-state index in [9.17, 15) is 35.2 Å². The average molecular weight is 471 g/mol. The summed E-state index contributed by atoms with van der Waals surface area (Å²) in [5.41, 5.74) is 3.08. The van der Waals surface area contributed by atoms with Gasteiger partial charge in [-0.25, -0.2) is 17.2 Å². The normalized spacial score (nSPS) is 13.1. The van der Waals surface area contributed by atoms with Crippen LogP contribution in [0.15, 0.2) is 53.7 Å². The fraction of sp³-hybridized carbons (Fsp3) is 0.150. The zero-order valence-corrected chi connectivity index (χ0v) is 17.0. The molecule has 6 nitrogen and oxygen atoms in total. The fourth-order valence-corrected chi connectivity index (χ4v) is 4.87. The number of primary amides is 1. The number of nitrogens with zero attached hydrogens (tertiary/aromatic N) is 2. The van der Waals surface area contributed by atoms with Gasteiger partial charge in [0.15, 0.2) is 9.84 Å². The highest BCUT2D eigenvalue weighted by atomic mass is 32.2. The number of pyridine rings is 2. The van der Waals surface area contributed by atoms with E-state index in [0.29, 0.717) is 24.4 Å². The van der Waals surface area contributed by atoms with E-state index >= 15 is 0 Å². The number of halogens is 5. The van der Waals surface area contributed by atoms with Crippen molar-refractivity contribution in [2.24, 2.45) is 5.73 Å². The van der Waals surface area contributed by atoms with Crippen molar-refractivity contribution in [2.45, 2.75) is 23.2 Å². The molecule has 1 unspecified atom stereocenters. The van der Waals surface area contributed by atoms with Crippen molar-refractivity contribution in [3.8, 4) is 0 Å². The third kappa shape index (κ3) is 4.44. The first kappa shape index (κ1) is 23.3. The van der Waals surface area contributed by atoms with Crippen molar-refractivity contribution in [1.82, 2.24) is 9.97 Å². The van der Waals surface area contributed by atoms with Gasteiger partial charge in [0.05, 0.1) is 4.90 Å². The lowest BCUT2D eigenvalue weighted by Crippen LogP contribution is -2.20. The smallest absolute Gasteiger partial charge is 0.364 e. The molecule has 3 aromatic rings. The average Bonchev–Trinajstić information content (AvgIpc) is 2.71. The first-order valence-electron chi connectivity index (χ1n) is 8.81. The van der Waals surface area contributed by atoms with Crippen molar-refractivity contribution in [3.05, 3.63) is 88.5 Å². The number of hydrogen-bond acceptors (Lipinski definition) is 5. The van der Waals surface area contributed by atoms with E-state index in [2.05, 4.69) is 9.97 Å². The number of carbonyl (C=O) groups excluding carboxylic acids is 1. The van der Waals surface area contributed by atoms with Crippen molar-refractivity contribution < 1.29 is 35.2 Å². The highest BCUT2D eigenvalue weighted by molar-refractivity contribution is 7.91. The zero-order chi connectivity index (χ0) is 23.8. The number of hydrogen-bond donors (Lipinski definition) is 1. The number of nitrogens with two attached hydrogens (primary N) is 1. The molecule has 1 amide bonds. The molecule has 2 heterocycles. The second-order valence-electron chi connectivity index (χ2n) is 6.76. The Morgan fingerprint density at radius 1 is 1.00 bits per heavy atom. The molecule has 0 radical (unpaired) electrons. The maximum Gasteiger partial charge on any atom is 0.433 e. The minimum atomic E-state index is -4.80. The molecule has 0 fully saturated rings. The number of aryl methyl sites for hydroxylation is 1. The van der Waals surface area contributed by atoms with E-state index in [0.717, 1.165) is 18.3 Å². The van der Waals surface area contributed by atoms with E-state index < -0.39 is 55.0 Å². The highest BCUT2D eigenvalue weighted by Gasteiger charge is 2.37. The molecule has 0 aliphatic carbocycles. The molecule has 168 valence electrons. The summed E-state index contributed by atoms with van der Waals surface area (Å²) in [5.74, 6) is -2.91. The monoisotopic (exact) mass is 471 g/mol. The molecule has 2 N–H and O–H groups in total. The van der Waals surface area contributed by atoms with Gasteiger partial charge in [-0.05, 0) is 54.4 Å². The predicted molar refractivity (Wildman–Crippen MR) is 102 cm³/mol. The molecular formula is C20H14F5N3O3S. The highest BCUT2D eigenvalue weighted by Crippen LogP contribution is 2.38. The Morgan fingerprint density at radius 3 is 2.22 bits per heavy atom. The summed E-state index contributed by atoms with van der Waals surface area (Å²) in [6.07, 6.45) is -3.34. The van der Waals surface area contributed by atoms with Gasteiger partial charge in [0.1, 0.15) is 28.3 Å². The van der Waals surface area contributed by atoms with Crippen LogP contribution in [0.2, 0.25) is 0 Å². The van der Waals surface area contributed by atoms with Gasteiger partial charge in [-0.1, -0.05) is 0 Å². The minimum absolute atomic E-state index is 0.126. The van der Waals surface area contributed by atoms with E-state index in [1.54, 1.807) is 0 Å². The second-order valence-corrected chi connectivity index (χ2v) is 8.79. The van der Waals surface area contributed by atoms with Crippen LogP contribution in [-0.4, -0.2) is 24.3 Å². The number of alkyl halides is 3. The van der Waals surface area contributed by atoms with E-state index in [4.69, 9.17) is 5.73 Å². The van der Waals surface area contributed by atoms with Crippen molar-refractivity contribution in [2.75, 3.05) is 0 Å². The molecule has 3 rings (SSSR count). The van der Waals surface area contributed by atoms with Crippen LogP contribution < -0.4 is 5.73 Å². The third-order valence-corrected chi connectivity index (χ3v) is 6.62. The quantitative estimate of drug-likeness (QED) is 0.571. The first-order chi connectivity index (χ1) is 14.8. The van der Waals surface area contributed by atoms with Gasteiger partial charge in [-0.3, -0.25) is 14.8 Å². The van der Waals surface area contributed by atoms with Crippen molar-refractivity contribution >= 4 is 15.7 Å². The topological polar surface area (TPSA) is 103 Å². The standard InChI is InChI=1S/C20H14F5N3O3S/c1-10-6-16(19(26)29)27-9-14(10)18(13-7-11(21)2-4-15(13)22)32(30,31)12-3-5-17(28-8-12)20(23,24)25/h2-9,18H,1H3,(H2,26,29). The van der Waals surface area contributed by atoms with Gasteiger partial charge in [-0.15, -0.1) is 0 Å². The molecule has 0 bridgehead atoms. The summed E-state index contributed by atoms with van der Waals surface area (Å²) in [6, 6.07) is 4.48. The van der Waals surface area contributed by atoms with E-state index in [1.807, 2.05) is 0 Å². The van der Waals surface area contributed by atoms with Gasteiger partial charge < -0.3 is 5.73 Å². The summed E-state index contributed by atoms with van der Waals surface area (Å²) in [4.78, 5) is 17.6. The summed E-state index contributed by atoms with van der Waals surface area (Å²) in [7, 11) is -4.66. The van der Waals surface area contributed by atoms with Crippen LogP contribution in [0.4, 0.5) is 22.0 Å². The molecule has 0 saturated carbocycles. The van der Waals surface area contributed by atoms with Crippen molar-refractivity contribution in [1.29, 1.82) is 0 Å². The Bertz CT molecular complexity index is 1290. The summed E-state index contributed by atoms with van der Waals surface area (Å²) in [5, 5.41) is -1.90. The molecule has 0 saturated heterocycles. The SMILES string of the molecule is Cc1cc(C(N)=O)ncc1C(c1cc(F)ccc1F)S(=O)(=O)c1ccc(C(F)(F)F)nc1. The van der Waals surface area contributed by atoms with Gasteiger partial charge in [0.25, 0.3) is 5.91 Å². The summed E-state index contributed by atoms with van der Waals surface area (Å²) < 4.78 is 93.7. The third-order valence-electron chi connectivity index (χ3n) is 4.59. The Morgan fingerprint density at radius 2 is 1.69 bits per heavy atom. The Hall–Kier alpha value is -3.41. The number of amides is 1. The van der Waals surface area contributed by atoms with Gasteiger partial charge in [0.2, 0.25) is 0 Å². The molecule has 2 aromatic heterocycles. The van der Waals surface area contributed by atoms with E-state index in [-0.39, 0.29) is 16.8 Å². The van der Waals surface area contributed by atoms with Gasteiger partial charge >= 0.3 is 6.18 Å². The van der Waals surface area contributed by atoms with Crippen LogP contribution in [0.25, 0.3) is 0 Å². The van der Waals surface area contributed by atoms with Gasteiger partial charge in [-0.2, -0.15) is 13.2 Å². The molecule has 0 spiro atoms. The Labute approximate surface area is 178 Å². The molecular weight excluding hydrogens is 457 g/mol. The minimum Gasteiger partial charge on any atom is -0.364 e. The molecule has 1 atom stereocenters. The van der Waals surface area contributed by atoms with Crippen LogP contribution >= 0.6 is 0 Å². The Balaban J connectivity index is 2.25. The molecule has 12 heteroatoms. The fourth-order valence-electron chi connectivity index (χ4n) is 3.05. The maximum atomic E-state index is 14.6. The van der Waals surface area contributed by atoms with Crippen molar-refractivity contribution in [3.63, 3.8) is 0 Å². The molecule has 0 aliphatic heterocycles. The van der Waals surface area contributed by atoms with Crippen LogP contribution in [0.1, 0.15) is 38.1 Å². The number of benzene rings is 1. The summed E-state index contributed by atoms with van der Waals surface area (Å²) in [6.45, 7) is 1.40. The van der Waals surface area contributed by atoms with Crippen LogP contribution in [0, 0.1) is 18.6 Å². The lowest BCUT2D eigenvalue weighted by Gasteiger charge is -2.21. The number of aromatic nitrogens is 2. The van der Waals surface area contributed by atoms with Crippen LogP contribution in [0.3, 0.4) is 0 Å². The Kier molecular flexibility index (Phi) is 6.00. The van der Waals surface area contributed by atoms with Crippen LogP contribution in [0.5, 0.6) is 0 Å². The lowest BCUT2D eigenvalue weighted by molar-refractivity contribution is -0.141. The number of rotatable bonds is 5.